The first-order valence-corrected chi connectivity index (χ1v) is 7.70. The quantitative estimate of drug-likeness (QED) is 0.869. The van der Waals surface area contributed by atoms with Crippen LogP contribution in [-0.4, -0.2) is 48.4 Å². The molecule has 2 heterocycles. The molecule has 24 heavy (non-hydrogen) atoms. The highest BCUT2D eigenvalue weighted by Gasteiger charge is 2.27. The summed E-state index contributed by atoms with van der Waals surface area (Å²) < 4.78 is 5.19. The first-order valence-electron chi connectivity index (χ1n) is 7.70. The van der Waals surface area contributed by atoms with Crippen molar-refractivity contribution in [3.8, 4) is 0 Å². The van der Waals surface area contributed by atoms with Crippen LogP contribution >= 0.6 is 0 Å². The Kier molecular flexibility index (Phi) is 4.01. The second-order valence-electron chi connectivity index (χ2n) is 6.09. The molecule has 1 aliphatic heterocycles. The van der Waals surface area contributed by atoms with Crippen molar-refractivity contribution in [3.05, 3.63) is 39.7 Å². The van der Waals surface area contributed by atoms with E-state index in [4.69, 9.17) is 4.42 Å². The third kappa shape index (κ3) is 2.97. The molecule has 1 fully saturated rings. The Balaban J connectivity index is 1.82. The van der Waals surface area contributed by atoms with Gasteiger partial charge in [0.1, 0.15) is 12.1 Å². The van der Waals surface area contributed by atoms with Gasteiger partial charge in [-0.2, -0.15) is 0 Å². The minimum atomic E-state index is -0.396. The first-order chi connectivity index (χ1) is 11.3. The lowest BCUT2D eigenvalue weighted by Gasteiger charge is -2.16. The van der Waals surface area contributed by atoms with Gasteiger partial charge in [0.25, 0.3) is 0 Å². The molecule has 3 rings (SSSR count). The van der Waals surface area contributed by atoms with E-state index in [9.17, 15) is 14.4 Å². The lowest BCUT2D eigenvalue weighted by atomic mass is 10.1. The van der Waals surface area contributed by atoms with Gasteiger partial charge in [-0.15, -0.1) is 0 Å². The van der Waals surface area contributed by atoms with Crippen molar-refractivity contribution in [2.75, 3.05) is 32.0 Å². The van der Waals surface area contributed by atoms with Crippen molar-refractivity contribution < 1.29 is 14.0 Å². The molecule has 7 heteroatoms. The van der Waals surface area contributed by atoms with Crippen molar-refractivity contribution in [3.63, 3.8) is 0 Å². The van der Waals surface area contributed by atoms with Crippen molar-refractivity contribution >= 4 is 28.6 Å². The number of carbonyl (C=O) groups is 2. The minimum absolute atomic E-state index is 0.0174. The molecule has 1 aromatic carbocycles. The fraction of sp³-hybridized carbons (Fsp3) is 0.353. The van der Waals surface area contributed by atoms with Gasteiger partial charge in [-0.3, -0.25) is 4.79 Å². The van der Waals surface area contributed by atoms with Gasteiger partial charge < -0.3 is 19.5 Å². The Bertz CT molecular complexity index is 887. The van der Waals surface area contributed by atoms with Gasteiger partial charge in [0.2, 0.25) is 5.91 Å². The molecule has 1 N–H and O–H groups in total. The highest BCUT2D eigenvalue weighted by Crippen LogP contribution is 2.25. The normalized spacial score (nSPS) is 14.5. The highest BCUT2D eigenvalue weighted by atomic mass is 16.4. The molecule has 0 atom stereocenters. The molecule has 1 saturated heterocycles. The van der Waals surface area contributed by atoms with E-state index in [-0.39, 0.29) is 18.5 Å². The molecule has 2 aromatic rings. The van der Waals surface area contributed by atoms with E-state index in [1.807, 2.05) is 13.8 Å². The number of benzene rings is 1. The van der Waals surface area contributed by atoms with Gasteiger partial charge in [0, 0.05) is 37.3 Å². The number of rotatable bonds is 3. The molecule has 0 radical (unpaired) electrons. The van der Waals surface area contributed by atoms with Gasteiger partial charge in [0.15, 0.2) is 0 Å². The molecule has 0 bridgehead atoms. The van der Waals surface area contributed by atoms with Crippen LogP contribution in [0.5, 0.6) is 0 Å². The number of nitrogens with one attached hydrogen (secondary N) is 1. The number of likely N-dealkylation sites (N-methyl/N-ethyl adjacent to an activating group) is 1. The zero-order chi connectivity index (χ0) is 17.4. The van der Waals surface area contributed by atoms with Gasteiger partial charge in [-0.05, 0) is 37.1 Å². The summed E-state index contributed by atoms with van der Waals surface area (Å²) in [5, 5.41) is 3.61. The van der Waals surface area contributed by atoms with Gasteiger partial charge in [-0.1, -0.05) is 0 Å². The fourth-order valence-electron chi connectivity index (χ4n) is 2.81. The van der Waals surface area contributed by atoms with Crippen LogP contribution in [0.15, 0.2) is 27.4 Å². The number of hydrogen-bond acceptors (Lipinski definition) is 4. The van der Waals surface area contributed by atoms with Gasteiger partial charge in [-0.25, -0.2) is 9.59 Å². The summed E-state index contributed by atoms with van der Waals surface area (Å²) in [7, 11) is 1.71. The molecule has 3 amide bonds. The van der Waals surface area contributed by atoms with E-state index >= 15 is 0 Å². The molecule has 0 aliphatic carbocycles. The summed E-state index contributed by atoms with van der Waals surface area (Å²) in [4.78, 5) is 38.6. The van der Waals surface area contributed by atoms with Gasteiger partial charge >= 0.3 is 11.7 Å². The maximum absolute atomic E-state index is 12.3. The van der Waals surface area contributed by atoms with Crippen molar-refractivity contribution in [2.24, 2.45) is 0 Å². The SMILES string of the molecule is Cc1cc2oc(=O)cc(C)c2cc1NC(=O)CN1CCN(C)C1=O. The van der Waals surface area contributed by atoms with Crippen LogP contribution in [0.1, 0.15) is 11.1 Å². The first kappa shape index (κ1) is 16.0. The smallest absolute Gasteiger partial charge is 0.336 e. The second kappa shape index (κ2) is 5.99. The van der Waals surface area contributed by atoms with E-state index in [1.165, 1.54) is 11.0 Å². The van der Waals surface area contributed by atoms with Crippen LogP contribution in [-0.2, 0) is 4.79 Å². The fourth-order valence-corrected chi connectivity index (χ4v) is 2.81. The molecule has 1 aliphatic rings. The lowest BCUT2D eigenvalue weighted by molar-refractivity contribution is -0.116. The maximum Gasteiger partial charge on any atom is 0.336 e. The molecule has 126 valence electrons. The molecule has 1 aromatic heterocycles. The Morgan fingerprint density at radius 3 is 2.58 bits per heavy atom. The number of amides is 3. The molecular weight excluding hydrogens is 310 g/mol. The van der Waals surface area contributed by atoms with Crippen LogP contribution in [0.25, 0.3) is 11.0 Å². The Morgan fingerprint density at radius 1 is 1.17 bits per heavy atom. The van der Waals surface area contributed by atoms with Crippen molar-refractivity contribution in [1.29, 1.82) is 0 Å². The lowest BCUT2D eigenvalue weighted by Crippen LogP contribution is -2.36. The number of carbonyl (C=O) groups excluding carboxylic acids is 2. The van der Waals surface area contributed by atoms with Crippen molar-refractivity contribution in [1.82, 2.24) is 9.80 Å². The Morgan fingerprint density at radius 2 is 1.92 bits per heavy atom. The number of hydrogen-bond donors (Lipinski definition) is 1. The zero-order valence-electron chi connectivity index (χ0n) is 13.9. The topological polar surface area (TPSA) is 82.9 Å². The van der Waals surface area contributed by atoms with Crippen LogP contribution in [0, 0.1) is 13.8 Å². The summed E-state index contributed by atoms with van der Waals surface area (Å²) in [6.07, 6.45) is 0. The molecule has 0 spiro atoms. The predicted molar refractivity (Wildman–Crippen MR) is 90.2 cm³/mol. The number of aryl methyl sites for hydroxylation is 2. The Hall–Kier alpha value is -2.83. The number of fused-ring (bicyclic) bond motifs is 1. The predicted octanol–water partition coefficient (Wildman–Crippen LogP) is 1.72. The summed E-state index contributed by atoms with van der Waals surface area (Å²) in [5.41, 5.74) is 2.31. The Labute approximate surface area is 138 Å². The number of urea groups is 1. The molecular formula is C17H19N3O4. The summed E-state index contributed by atoms with van der Waals surface area (Å²) >= 11 is 0. The monoisotopic (exact) mass is 329 g/mol. The van der Waals surface area contributed by atoms with Crippen LogP contribution in [0.3, 0.4) is 0 Å². The zero-order valence-corrected chi connectivity index (χ0v) is 13.9. The van der Waals surface area contributed by atoms with Crippen LogP contribution in [0.2, 0.25) is 0 Å². The second-order valence-corrected chi connectivity index (χ2v) is 6.09. The number of anilines is 1. The average Bonchev–Trinajstić information content (AvgIpc) is 2.80. The highest BCUT2D eigenvalue weighted by molar-refractivity contribution is 5.97. The summed E-state index contributed by atoms with van der Waals surface area (Å²) in [6.45, 7) is 4.83. The number of nitrogens with zero attached hydrogens (tertiary/aromatic N) is 2. The minimum Gasteiger partial charge on any atom is -0.423 e. The summed E-state index contributed by atoms with van der Waals surface area (Å²) in [5.74, 6) is -0.254. The summed E-state index contributed by atoms with van der Waals surface area (Å²) in [6, 6.07) is 4.80. The van der Waals surface area contributed by atoms with Crippen LogP contribution < -0.4 is 10.9 Å². The third-order valence-corrected chi connectivity index (χ3v) is 4.21. The molecule has 0 unspecified atom stereocenters. The molecule has 7 nitrogen and oxygen atoms in total. The largest absolute Gasteiger partial charge is 0.423 e. The van der Waals surface area contributed by atoms with Crippen molar-refractivity contribution in [2.45, 2.75) is 13.8 Å². The maximum atomic E-state index is 12.3. The molecule has 0 saturated carbocycles. The van der Waals surface area contributed by atoms with E-state index < -0.39 is 5.63 Å². The third-order valence-electron chi connectivity index (χ3n) is 4.21. The van der Waals surface area contributed by atoms with Crippen LogP contribution in [0.4, 0.5) is 10.5 Å². The standard InChI is InChI=1S/C17H19N3O4/c1-10-7-16(22)24-14-6-11(2)13(8-12(10)14)18-15(21)9-20-5-4-19(3)17(20)23/h6-8H,4-5,9H2,1-3H3,(H,18,21). The average molecular weight is 329 g/mol. The van der Waals surface area contributed by atoms with E-state index in [2.05, 4.69) is 5.32 Å². The van der Waals surface area contributed by atoms with Gasteiger partial charge in [0.05, 0.1) is 0 Å². The van der Waals surface area contributed by atoms with E-state index in [0.29, 0.717) is 24.4 Å². The van der Waals surface area contributed by atoms with E-state index in [1.54, 1.807) is 24.1 Å². The van der Waals surface area contributed by atoms with E-state index in [0.717, 1.165) is 16.5 Å².